The first-order chi connectivity index (χ1) is 12.0. The highest BCUT2D eigenvalue weighted by atomic mass is 35.5. The first-order valence-corrected chi connectivity index (χ1v) is 8.44. The average molecular weight is 361 g/mol. The molecule has 0 unspecified atom stereocenters. The van der Waals surface area contributed by atoms with Crippen molar-refractivity contribution < 1.29 is 9.18 Å². The third-order valence-corrected chi connectivity index (χ3v) is 3.98. The molecule has 0 aliphatic rings. The number of hydrogen-bond donors (Lipinski definition) is 0. The van der Waals surface area contributed by atoms with E-state index in [1.165, 1.54) is 18.2 Å². The number of halogens is 2. The van der Waals surface area contributed by atoms with Crippen LogP contribution in [0.25, 0.3) is 6.08 Å². The van der Waals surface area contributed by atoms with Gasteiger partial charge >= 0.3 is 0 Å². The summed E-state index contributed by atoms with van der Waals surface area (Å²) >= 11 is 5.91. The van der Waals surface area contributed by atoms with Crippen molar-refractivity contribution in [3.8, 4) is 0 Å². The Balaban J connectivity index is 2.11. The summed E-state index contributed by atoms with van der Waals surface area (Å²) in [6, 6.07) is 13.8. The molecule has 2 aromatic rings. The Morgan fingerprint density at radius 2 is 1.76 bits per heavy atom. The normalized spacial score (nSPS) is 11.2. The third-order valence-electron chi connectivity index (χ3n) is 3.73. The zero-order chi connectivity index (χ0) is 18.2. The van der Waals surface area contributed by atoms with E-state index < -0.39 is 0 Å². The van der Waals surface area contributed by atoms with Crippen molar-refractivity contribution in [3.63, 3.8) is 0 Å². The lowest BCUT2D eigenvalue weighted by molar-refractivity contribution is -0.126. The molecule has 132 valence electrons. The van der Waals surface area contributed by atoms with Gasteiger partial charge in [-0.1, -0.05) is 41.9 Å². The van der Waals surface area contributed by atoms with Gasteiger partial charge in [-0.3, -0.25) is 4.79 Å². The summed E-state index contributed by atoms with van der Waals surface area (Å²) in [5, 5.41) is 0.661. The molecule has 2 rings (SSSR count). The predicted molar refractivity (Wildman–Crippen MR) is 101 cm³/mol. The zero-order valence-corrected chi connectivity index (χ0v) is 15.2. The molecule has 5 heteroatoms. The predicted octanol–water partition coefficient (Wildman–Crippen LogP) is 4.08. The molecular weight excluding hydrogens is 339 g/mol. The number of amides is 1. The lowest BCUT2D eigenvalue weighted by Gasteiger charge is -2.23. The number of nitrogens with zero attached hydrogens (tertiary/aromatic N) is 2. The lowest BCUT2D eigenvalue weighted by Crippen LogP contribution is -2.35. The van der Waals surface area contributed by atoms with Crippen molar-refractivity contribution >= 4 is 23.6 Å². The van der Waals surface area contributed by atoms with Crippen LogP contribution in [0.2, 0.25) is 5.02 Å². The Kier molecular flexibility index (Phi) is 7.16. The highest BCUT2D eigenvalue weighted by Gasteiger charge is 2.12. The van der Waals surface area contributed by atoms with Crippen molar-refractivity contribution in [2.75, 3.05) is 27.2 Å². The Morgan fingerprint density at radius 3 is 2.40 bits per heavy atom. The van der Waals surface area contributed by atoms with Crippen molar-refractivity contribution in [1.82, 2.24) is 9.80 Å². The van der Waals surface area contributed by atoms with Gasteiger partial charge in [-0.05, 0) is 43.9 Å². The molecule has 0 aromatic heterocycles. The standard InChI is InChI=1S/C20H22ClFN2O/c1-23(2)13-14-24(15-16-7-10-18(21)11-8-16)20(25)12-9-17-5-3-4-6-19(17)22/h3-12H,13-15H2,1-2H3/b12-9+. The van der Waals surface area contributed by atoms with E-state index in [9.17, 15) is 9.18 Å². The van der Waals surface area contributed by atoms with E-state index in [0.29, 0.717) is 23.7 Å². The minimum Gasteiger partial charge on any atom is -0.334 e. The van der Waals surface area contributed by atoms with E-state index >= 15 is 0 Å². The summed E-state index contributed by atoms with van der Waals surface area (Å²) in [7, 11) is 3.92. The average Bonchev–Trinajstić information content (AvgIpc) is 2.59. The molecule has 3 nitrogen and oxygen atoms in total. The maximum Gasteiger partial charge on any atom is 0.246 e. The van der Waals surface area contributed by atoms with Gasteiger partial charge in [0, 0.05) is 36.3 Å². The largest absolute Gasteiger partial charge is 0.334 e. The molecule has 0 atom stereocenters. The molecule has 0 radical (unpaired) electrons. The monoisotopic (exact) mass is 360 g/mol. The second-order valence-electron chi connectivity index (χ2n) is 6.04. The van der Waals surface area contributed by atoms with Crippen LogP contribution in [0.4, 0.5) is 4.39 Å². The van der Waals surface area contributed by atoms with Crippen LogP contribution in [0, 0.1) is 5.82 Å². The molecule has 0 saturated carbocycles. The molecule has 0 heterocycles. The molecule has 1 amide bonds. The first kappa shape index (κ1) is 19.2. The number of likely N-dealkylation sites (N-methyl/N-ethyl adjacent to an activating group) is 1. The summed E-state index contributed by atoms with van der Waals surface area (Å²) < 4.78 is 13.7. The fourth-order valence-electron chi connectivity index (χ4n) is 2.27. The summed E-state index contributed by atoms with van der Waals surface area (Å²) in [5.41, 5.74) is 1.39. The quantitative estimate of drug-likeness (QED) is 0.694. The molecule has 2 aromatic carbocycles. The number of benzene rings is 2. The summed E-state index contributed by atoms with van der Waals surface area (Å²) in [4.78, 5) is 16.3. The maximum atomic E-state index is 13.7. The topological polar surface area (TPSA) is 23.6 Å². The smallest absolute Gasteiger partial charge is 0.246 e. The van der Waals surface area contributed by atoms with E-state index in [4.69, 9.17) is 11.6 Å². The molecule has 0 fully saturated rings. The molecule has 0 aliphatic carbocycles. The highest BCUT2D eigenvalue weighted by Crippen LogP contribution is 2.13. The van der Waals surface area contributed by atoms with Crippen molar-refractivity contribution in [2.45, 2.75) is 6.54 Å². The number of hydrogen-bond acceptors (Lipinski definition) is 2. The van der Waals surface area contributed by atoms with E-state index in [2.05, 4.69) is 0 Å². The molecular formula is C20H22ClFN2O. The van der Waals surface area contributed by atoms with E-state index in [0.717, 1.165) is 12.1 Å². The summed E-state index contributed by atoms with van der Waals surface area (Å²) in [5.74, 6) is -0.496. The molecule has 0 spiro atoms. The lowest BCUT2D eigenvalue weighted by atomic mass is 10.2. The van der Waals surface area contributed by atoms with Gasteiger partial charge in [0.2, 0.25) is 5.91 Å². The molecule has 25 heavy (non-hydrogen) atoms. The Bertz CT molecular complexity index is 729. The third kappa shape index (κ3) is 6.33. The van der Waals surface area contributed by atoms with Crippen LogP contribution in [0.15, 0.2) is 54.6 Å². The van der Waals surface area contributed by atoms with Crippen molar-refractivity contribution in [3.05, 3.63) is 76.6 Å². The SMILES string of the molecule is CN(C)CCN(Cc1ccc(Cl)cc1)C(=O)/C=C/c1ccccc1F. The van der Waals surface area contributed by atoms with Crippen LogP contribution in [0.3, 0.4) is 0 Å². The zero-order valence-electron chi connectivity index (χ0n) is 14.5. The highest BCUT2D eigenvalue weighted by molar-refractivity contribution is 6.30. The first-order valence-electron chi connectivity index (χ1n) is 8.06. The Morgan fingerprint density at radius 1 is 1.08 bits per heavy atom. The van der Waals surface area contributed by atoms with E-state index in [-0.39, 0.29) is 11.7 Å². The van der Waals surface area contributed by atoms with Crippen molar-refractivity contribution in [1.29, 1.82) is 0 Å². The van der Waals surface area contributed by atoms with Crippen LogP contribution < -0.4 is 0 Å². The number of rotatable bonds is 7. The molecule has 0 N–H and O–H groups in total. The van der Waals surface area contributed by atoms with Gasteiger partial charge in [0.05, 0.1) is 0 Å². The van der Waals surface area contributed by atoms with Crippen LogP contribution in [0.5, 0.6) is 0 Å². The Labute approximate surface area is 153 Å². The Hall–Kier alpha value is -2.17. The van der Waals surface area contributed by atoms with Crippen LogP contribution in [-0.2, 0) is 11.3 Å². The molecule has 0 saturated heterocycles. The number of carbonyl (C=O) groups is 1. The summed E-state index contributed by atoms with van der Waals surface area (Å²) in [6.07, 6.45) is 2.94. The fraction of sp³-hybridized carbons (Fsp3) is 0.250. The number of carbonyl (C=O) groups excluding carboxylic acids is 1. The van der Waals surface area contributed by atoms with Crippen molar-refractivity contribution in [2.24, 2.45) is 0 Å². The van der Waals surface area contributed by atoms with Gasteiger partial charge in [-0.2, -0.15) is 0 Å². The second kappa shape index (κ2) is 9.35. The van der Waals surface area contributed by atoms with Gasteiger partial charge < -0.3 is 9.80 Å². The second-order valence-corrected chi connectivity index (χ2v) is 6.48. The fourth-order valence-corrected chi connectivity index (χ4v) is 2.40. The molecule has 0 bridgehead atoms. The van der Waals surface area contributed by atoms with E-state index in [1.54, 1.807) is 35.2 Å². The van der Waals surface area contributed by atoms with Gasteiger partial charge in [-0.15, -0.1) is 0 Å². The van der Waals surface area contributed by atoms with Gasteiger partial charge in [-0.25, -0.2) is 4.39 Å². The van der Waals surface area contributed by atoms with Crippen LogP contribution in [-0.4, -0.2) is 42.9 Å². The van der Waals surface area contributed by atoms with Gasteiger partial charge in [0.25, 0.3) is 0 Å². The van der Waals surface area contributed by atoms with E-state index in [1.807, 2.05) is 31.1 Å². The minimum atomic E-state index is -0.343. The van der Waals surface area contributed by atoms with Gasteiger partial charge in [0.1, 0.15) is 5.82 Å². The maximum absolute atomic E-state index is 13.7. The van der Waals surface area contributed by atoms with Gasteiger partial charge in [0.15, 0.2) is 0 Å². The minimum absolute atomic E-state index is 0.153. The van der Waals surface area contributed by atoms with Crippen LogP contribution >= 0.6 is 11.6 Å². The summed E-state index contributed by atoms with van der Waals surface area (Å²) in [6.45, 7) is 1.80. The molecule has 0 aliphatic heterocycles. The van der Waals surface area contributed by atoms with Crippen LogP contribution in [0.1, 0.15) is 11.1 Å².